The molecule has 0 aliphatic heterocycles. The molecule has 3 rings (SSSR count). The topological polar surface area (TPSA) is 113 Å². The zero-order chi connectivity index (χ0) is 17.3. The van der Waals surface area contributed by atoms with Crippen molar-refractivity contribution in [1.29, 1.82) is 0 Å². The number of aromatic nitrogens is 4. The molecule has 0 unspecified atom stereocenters. The maximum atomic E-state index is 12.0. The molecule has 0 aliphatic carbocycles. The van der Waals surface area contributed by atoms with Gasteiger partial charge in [-0.15, -0.1) is 0 Å². The van der Waals surface area contributed by atoms with Gasteiger partial charge in [0.25, 0.3) is 5.56 Å². The first-order valence-electron chi connectivity index (χ1n) is 7.12. The highest BCUT2D eigenvalue weighted by atomic mass is 35.5. The first-order chi connectivity index (χ1) is 11.4. The molecule has 1 aromatic carbocycles. The van der Waals surface area contributed by atoms with Gasteiger partial charge in [-0.1, -0.05) is 11.6 Å². The third-order valence-corrected chi connectivity index (χ3v) is 3.79. The Morgan fingerprint density at radius 1 is 1.38 bits per heavy atom. The summed E-state index contributed by atoms with van der Waals surface area (Å²) in [5.41, 5.74) is 0.725. The van der Waals surface area contributed by atoms with E-state index < -0.39 is 11.2 Å². The third kappa shape index (κ3) is 3.23. The van der Waals surface area contributed by atoms with Crippen LogP contribution in [-0.4, -0.2) is 25.4 Å². The molecule has 3 aromatic rings. The molecule has 0 fully saturated rings. The van der Waals surface area contributed by atoms with Crippen molar-refractivity contribution in [3.8, 4) is 0 Å². The van der Waals surface area contributed by atoms with Gasteiger partial charge in [0.05, 0.1) is 24.0 Å². The molecule has 0 bridgehead atoms. The van der Waals surface area contributed by atoms with Gasteiger partial charge in [-0.05, 0) is 18.2 Å². The Bertz CT molecular complexity index is 1030. The van der Waals surface area contributed by atoms with Gasteiger partial charge in [-0.2, -0.15) is 0 Å². The van der Waals surface area contributed by atoms with Crippen LogP contribution in [0.4, 0.5) is 0 Å². The predicted octanol–water partition coefficient (Wildman–Crippen LogP) is 0.462. The normalized spacial score (nSPS) is 10.9. The highest BCUT2D eigenvalue weighted by Gasteiger charge is 2.10. The lowest BCUT2D eigenvalue weighted by Crippen LogP contribution is -2.36. The lowest BCUT2D eigenvalue weighted by molar-refractivity contribution is -0.120. The molecular weight excluding hydrogens is 334 g/mol. The number of nitrogens with zero attached hydrogens (tertiary/aromatic N) is 2. The average molecular weight is 348 g/mol. The fourth-order valence-corrected chi connectivity index (χ4v) is 2.45. The van der Waals surface area contributed by atoms with Gasteiger partial charge >= 0.3 is 5.69 Å². The number of hydrogen-bond donors (Lipinski definition) is 3. The Hall–Kier alpha value is -2.87. The Labute approximate surface area is 140 Å². The number of fused-ring (bicyclic) bond motifs is 1. The molecule has 1 amide bonds. The van der Waals surface area contributed by atoms with Crippen molar-refractivity contribution in [3.63, 3.8) is 0 Å². The minimum Gasteiger partial charge on any atom is -0.349 e. The molecule has 0 spiro atoms. The standard InChI is InChI=1S/C15H14ClN5O3/c1-21-14(23)8(6-18-15(21)24)4-13(22)17-7-12-19-10-3-2-9(16)5-11(10)20-12/h2-3,5-6H,4,7H2,1H3,(H,17,22)(H,18,24)(H,19,20). The van der Waals surface area contributed by atoms with E-state index in [1.165, 1.54) is 13.2 Å². The molecule has 3 N–H and O–H groups in total. The molecule has 0 atom stereocenters. The molecule has 8 nitrogen and oxygen atoms in total. The van der Waals surface area contributed by atoms with Crippen LogP contribution in [0.2, 0.25) is 5.02 Å². The van der Waals surface area contributed by atoms with Crippen molar-refractivity contribution in [2.45, 2.75) is 13.0 Å². The first-order valence-corrected chi connectivity index (χ1v) is 7.50. The van der Waals surface area contributed by atoms with Crippen molar-refractivity contribution in [3.05, 3.63) is 61.6 Å². The van der Waals surface area contributed by atoms with Crippen molar-refractivity contribution >= 4 is 28.5 Å². The van der Waals surface area contributed by atoms with Gasteiger partial charge in [0, 0.05) is 23.8 Å². The largest absolute Gasteiger partial charge is 0.349 e. The van der Waals surface area contributed by atoms with Crippen LogP contribution in [0.25, 0.3) is 11.0 Å². The van der Waals surface area contributed by atoms with Crippen LogP contribution < -0.4 is 16.6 Å². The molecule has 2 aromatic heterocycles. The van der Waals surface area contributed by atoms with Crippen molar-refractivity contribution < 1.29 is 4.79 Å². The van der Waals surface area contributed by atoms with Crippen LogP contribution in [0, 0.1) is 0 Å². The van der Waals surface area contributed by atoms with E-state index in [0.717, 1.165) is 15.6 Å². The van der Waals surface area contributed by atoms with E-state index in [1.54, 1.807) is 18.2 Å². The van der Waals surface area contributed by atoms with Gasteiger partial charge in [0.15, 0.2) is 0 Å². The van der Waals surface area contributed by atoms with E-state index >= 15 is 0 Å². The SMILES string of the molecule is Cn1c(=O)[nH]cc(CC(=O)NCc2nc3ccc(Cl)cc3[nH]2)c1=O. The number of nitrogens with one attached hydrogen (secondary N) is 3. The van der Waals surface area contributed by atoms with Crippen LogP contribution in [-0.2, 0) is 24.8 Å². The highest BCUT2D eigenvalue weighted by Crippen LogP contribution is 2.16. The summed E-state index contributed by atoms with van der Waals surface area (Å²) in [6, 6.07) is 5.27. The van der Waals surface area contributed by atoms with Gasteiger partial charge < -0.3 is 15.3 Å². The Kier molecular flexibility index (Phi) is 4.22. The number of halogens is 1. The summed E-state index contributed by atoms with van der Waals surface area (Å²) in [7, 11) is 1.35. The number of carbonyl (C=O) groups is 1. The number of benzene rings is 1. The van der Waals surface area contributed by atoms with E-state index in [4.69, 9.17) is 11.6 Å². The van der Waals surface area contributed by atoms with E-state index in [-0.39, 0.29) is 24.4 Å². The quantitative estimate of drug-likeness (QED) is 0.636. The summed E-state index contributed by atoms with van der Waals surface area (Å²) in [5.74, 6) is 0.229. The van der Waals surface area contributed by atoms with Crippen LogP contribution in [0.5, 0.6) is 0 Å². The number of hydrogen-bond acceptors (Lipinski definition) is 4. The van der Waals surface area contributed by atoms with Gasteiger partial charge in [0.1, 0.15) is 5.82 Å². The summed E-state index contributed by atoms with van der Waals surface area (Å²) >= 11 is 5.91. The molecule has 2 heterocycles. The van der Waals surface area contributed by atoms with Gasteiger partial charge in [-0.25, -0.2) is 9.78 Å². The Morgan fingerprint density at radius 3 is 2.96 bits per heavy atom. The smallest absolute Gasteiger partial charge is 0.328 e. The summed E-state index contributed by atoms with van der Waals surface area (Å²) in [6.07, 6.45) is 1.13. The second kappa shape index (κ2) is 6.32. The number of amides is 1. The third-order valence-electron chi connectivity index (χ3n) is 3.55. The summed E-state index contributed by atoms with van der Waals surface area (Å²) in [5, 5.41) is 3.27. The lowest BCUT2D eigenvalue weighted by atomic mass is 10.2. The number of aromatic amines is 2. The molecule has 124 valence electrons. The Morgan fingerprint density at radius 2 is 2.17 bits per heavy atom. The van der Waals surface area contributed by atoms with Crippen LogP contribution in [0.15, 0.2) is 34.0 Å². The molecule has 0 saturated carbocycles. The molecular formula is C15H14ClN5O3. The molecule has 24 heavy (non-hydrogen) atoms. The predicted molar refractivity (Wildman–Crippen MR) is 89.0 cm³/mol. The lowest BCUT2D eigenvalue weighted by Gasteiger charge is -2.04. The van der Waals surface area contributed by atoms with E-state index in [1.807, 2.05) is 0 Å². The van der Waals surface area contributed by atoms with E-state index in [2.05, 4.69) is 20.3 Å². The van der Waals surface area contributed by atoms with Gasteiger partial charge in [-0.3, -0.25) is 14.2 Å². The first kappa shape index (κ1) is 16.0. The summed E-state index contributed by atoms with van der Waals surface area (Å²) in [4.78, 5) is 45.0. The number of H-pyrrole nitrogens is 2. The molecule has 0 aliphatic rings. The second-order valence-electron chi connectivity index (χ2n) is 5.28. The van der Waals surface area contributed by atoms with E-state index in [9.17, 15) is 14.4 Å². The van der Waals surface area contributed by atoms with Crippen molar-refractivity contribution in [1.82, 2.24) is 24.8 Å². The minimum atomic E-state index is -0.523. The summed E-state index contributed by atoms with van der Waals surface area (Å²) < 4.78 is 0.922. The molecule has 0 radical (unpaired) electrons. The monoisotopic (exact) mass is 347 g/mol. The fraction of sp³-hybridized carbons (Fsp3) is 0.200. The average Bonchev–Trinajstić information content (AvgIpc) is 2.95. The highest BCUT2D eigenvalue weighted by molar-refractivity contribution is 6.31. The summed E-state index contributed by atoms with van der Waals surface area (Å²) in [6.45, 7) is 0.189. The zero-order valence-corrected chi connectivity index (χ0v) is 13.5. The van der Waals surface area contributed by atoms with Crippen molar-refractivity contribution in [2.75, 3.05) is 0 Å². The number of rotatable bonds is 4. The maximum Gasteiger partial charge on any atom is 0.328 e. The fourth-order valence-electron chi connectivity index (χ4n) is 2.28. The number of imidazole rings is 1. The van der Waals surface area contributed by atoms with Crippen LogP contribution in [0.3, 0.4) is 0 Å². The second-order valence-corrected chi connectivity index (χ2v) is 5.72. The minimum absolute atomic E-state index is 0.129. The maximum absolute atomic E-state index is 12.0. The van der Waals surface area contributed by atoms with E-state index in [0.29, 0.717) is 10.8 Å². The zero-order valence-electron chi connectivity index (χ0n) is 12.7. The Balaban J connectivity index is 1.68. The number of carbonyl (C=O) groups excluding carboxylic acids is 1. The molecule has 9 heteroatoms. The van der Waals surface area contributed by atoms with Gasteiger partial charge in [0.2, 0.25) is 5.91 Å². The van der Waals surface area contributed by atoms with Crippen LogP contribution >= 0.6 is 11.6 Å². The van der Waals surface area contributed by atoms with Crippen LogP contribution in [0.1, 0.15) is 11.4 Å². The van der Waals surface area contributed by atoms with Crippen molar-refractivity contribution in [2.24, 2.45) is 7.05 Å². The molecule has 0 saturated heterocycles.